The molecule has 0 aliphatic carbocycles. The van der Waals surface area contributed by atoms with Gasteiger partial charge >= 0.3 is 0 Å². The van der Waals surface area contributed by atoms with E-state index in [1.807, 2.05) is 0 Å². The van der Waals surface area contributed by atoms with E-state index in [-0.39, 0.29) is 11.9 Å². The highest BCUT2D eigenvalue weighted by atomic mass is 32.2. The lowest BCUT2D eigenvalue weighted by molar-refractivity contribution is 0.0646. The van der Waals surface area contributed by atoms with Crippen molar-refractivity contribution in [3.05, 3.63) is 24.0 Å². The molecule has 1 amide bonds. The summed E-state index contributed by atoms with van der Waals surface area (Å²) in [5, 5.41) is 7.47. The van der Waals surface area contributed by atoms with Crippen molar-refractivity contribution in [1.29, 1.82) is 0 Å². The van der Waals surface area contributed by atoms with Gasteiger partial charge in [0.1, 0.15) is 0 Å². The second kappa shape index (κ2) is 9.07. The maximum absolute atomic E-state index is 12.7. The quantitative estimate of drug-likeness (QED) is 0.709. The van der Waals surface area contributed by atoms with Crippen molar-refractivity contribution in [2.45, 2.75) is 38.1 Å². The molecule has 3 heterocycles. The van der Waals surface area contributed by atoms with Crippen LogP contribution in [0.2, 0.25) is 0 Å². The average Bonchev–Trinajstić information content (AvgIpc) is 2.68. The van der Waals surface area contributed by atoms with Gasteiger partial charge in [-0.2, -0.15) is 14.5 Å². The molecule has 0 aromatic carbocycles. The minimum atomic E-state index is -3.33. The summed E-state index contributed by atoms with van der Waals surface area (Å²) in [4.78, 5) is 16.8. The van der Waals surface area contributed by atoms with Gasteiger partial charge in [0.25, 0.3) is 5.91 Å². The number of amides is 1. The van der Waals surface area contributed by atoms with E-state index < -0.39 is 10.0 Å². The molecule has 9 heteroatoms. The normalized spacial score (nSPS) is 22.1. The number of sulfonamides is 1. The Morgan fingerprint density at radius 3 is 2.63 bits per heavy atom. The van der Waals surface area contributed by atoms with Gasteiger partial charge in [-0.1, -0.05) is 6.42 Å². The molecule has 1 aromatic heterocycles. The lowest BCUT2D eigenvalue weighted by Gasteiger charge is -2.39. The molecule has 0 spiro atoms. The molecule has 0 N–H and O–H groups in total. The van der Waals surface area contributed by atoms with Crippen molar-refractivity contribution in [3.8, 4) is 0 Å². The van der Waals surface area contributed by atoms with E-state index in [2.05, 4.69) is 15.1 Å². The second-order valence-electron chi connectivity index (χ2n) is 7.45. The highest BCUT2D eigenvalue weighted by Gasteiger charge is 2.33. The van der Waals surface area contributed by atoms with Gasteiger partial charge < -0.3 is 9.80 Å². The Balaban J connectivity index is 1.65. The summed E-state index contributed by atoms with van der Waals surface area (Å²) >= 11 is 0. The Hall–Kier alpha value is -1.58. The highest BCUT2D eigenvalue weighted by Crippen LogP contribution is 2.20. The Kier molecular flexibility index (Phi) is 6.78. The molecule has 0 bridgehead atoms. The number of carbonyl (C=O) groups excluding carboxylic acids is 1. The fourth-order valence-corrected chi connectivity index (χ4v) is 5.14. The van der Waals surface area contributed by atoms with Crippen LogP contribution in [0.5, 0.6) is 0 Å². The van der Waals surface area contributed by atoms with Gasteiger partial charge in [0.2, 0.25) is 10.0 Å². The maximum Gasteiger partial charge on any atom is 0.255 e. The summed E-state index contributed by atoms with van der Waals surface area (Å²) in [7, 11) is -3.33. The van der Waals surface area contributed by atoms with Crippen LogP contribution in [0.4, 0.5) is 0 Å². The van der Waals surface area contributed by atoms with Crippen molar-refractivity contribution < 1.29 is 13.2 Å². The number of nitrogens with zero attached hydrogens (tertiary/aromatic N) is 5. The van der Waals surface area contributed by atoms with Crippen LogP contribution in [0, 0.1) is 0 Å². The van der Waals surface area contributed by atoms with E-state index in [1.54, 1.807) is 15.3 Å². The minimum absolute atomic E-state index is 0.112. The first-order valence-corrected chi connectivity index (χ1v) is 11.5. The van der Waals surface area contributed by atoms with Gasteiger partial charge in [0.05, 0.1) is 24.2 Å². The number of rotatable bonds is 6. The first-order chi connectivity index (χ1) is 12.9. The summed E-state index contributed by atoms with van der Waals surface area (Å²) < 4.78 is 26.5. The Bertz CT molecular complexity index is 722. The van der Waals surface area contributed by atoms with Gasteiger partial charge in [-0.05, 0) is 44.8 Å². The number of hydrogen-bond donors (Lipinski definition) is 0. The van der Waals surface area contributed by atoms with Crippen LogP contribution < -0.4 is 0 Å². The number of carbonyl (C=O) groups is 1. The Morgan fingerprint density at radius 2 is 1.96 bits per heavy atom. The van der Waals surface area contributed by atoms with Gasteiger partial charge in [-0.15, -0.1) is 0 Å². The van der Waals surface area contributed by atoms with Crippen LogP contribution in [0.25, 0.3) is 0 Å². The van der Waals surface area contributed by atoms with Crippen molar-refractivity contribution in [3.63, 3.8) is 0 Å². The van der Waals surface area contributed by atoms with Gasteiger partial charge in [0, 0.05) is 32.2 Å². The van der Waals surface area contributed by atoms with Crippen LogP contribution in [-0.2, 0) is 10.0 Å². The predicted octanol–water partition coefficient (Wildman–Crippen LogP) is 0.829. The summed E-state index contributed by atoms with van der Waals surface area (Å²) in [5.41, 5.74) is 0.491. The number of likely N-dealkylation sites (tertiary alicyclic amines) is 2. The third-order valence-corrected chi connectivity index (χ3v) is 6.77. The van der Waals surface area contributed by atoms with E-state index >= 15 is 0 Å². The van der Waals surface area contributed by atoms with E-state index in [1.165, 1.54) is 37.9 Å². The minimum Gasteiger partial charge on any atom is -0.337 e. The molecule has 150 valence electrons. The number of aromatic nitrogens is 2. The summed E-state index contributed by atoms with van der Waals surface area (Å²) in [6, 6.07) is 1.47. The van der Waals surface area contributed by atoms with Crippen LogP contribution in [0.1, 0.15) is 42.5 Å². The van der Waals surface area contributed by atoms with Crippen molar-refractivity contribution in [2.75, 3.05) is 45.5 Å². The fraction of sp³-hybridized carbons (Fsp3) is 0.722. The number of piperidine rings is 2. The molecule has 8 nitrogen and oxygen atoms in total. The predicted molar refractivity (Wildman–Crippen MR) is 103 cm³/mol. The van der Waals surface area contributed by atoms with E-state index in [0.717, 1.165) is 32.5 Å². The molecule has 2 aliphatic heterocycles. The third kappa shape index (κ3) is 5.46. The number of hydrogen-bond acceptors (Lipinski definition) is 6. The lowest BCUT2D eigenvalue weighted by Crippen LogP contribution is -2.53. The van der Waals surface area contributed by atoms with Gasteiger partial charge in [-0.25, -0.2) is 8.42 Å². The summed E-state index contributed by atoms with van der Waals surface area (Å²) in [6.07, 6.45) is 9.44. The third-order valence-electron chi connectivity index (χ3n) is 5.43. The van der Waals surface area contributed by atoms with Gasteiger partial charge in [-0.3, -0.25) is 4.79 Å². The zero-order chi connectivity index (χ0) is 19.3. The average molecular weight is 396 g/mol. The summed E-state index contributed by atoms with van der Waals surface area (Å²) in [6.45, 7) is 4.40. The van der Waals surface area contributed by atoms with Crippen LogP contribution >= 0.6 is 0 Å². The standard InChI is InChI=1S/C18H29N5O3S/c1-27(25,26)23(13-12-21-9-3-2-4-10-21)17-6-5-11-22(15-17)18(24)16-7-8-19-20-14-16/h7-8,14,17H,2-6,9-13,15H2,1H3. The fourth-order valence-electron chi connectivity index (χ4n) is 4.02. The van der Waals surface area contributed by atoms with Crippen LogP contribution in [-0.4, -0.2) is 90.2 Å². The van der Waals surface area contributed by atoms with E-state index in [4.69, 9.17) is 0 Å². The molecule has 1 unspecified atom stereocenters. The Morgan fingerprint density at radius 1 is 1.19 bits per heavy atom. The molecule has 27 heavy (non-hydrogen) atoms. The van der Waals surface area contributed by atoms with Crippen molar-refractivity contribution in [1.82, 2.24) is 24.3 Å². The molecular weight excluding hydrogens is 366 g/mol. The molecule has 0 saturated carbocycles. The van der Waals surface area contributed by atoms with E-state index in [0.29, 0.717) is 25.2 Å². The molecule has 2 saturated heterocycles. The molecule has 1 atom stereocenters. The van der Waals surface area contributed by atoms with Crippen molar-refractivity contribution in [2.24, 2.45) is 0 Å². The van der Waals surface area contributed by atoms with E-state index in [9.17, 15) is 13.2 Å². The largest absolute Gasteiger partial charge is 0.337 e. The molecular formula is C18H29N5O3S. The zero-order valence-corrected chi connectivity index (χ0v) is 16.8. The topological polar surface area (TPSA) is 86.7 Å². The van der Waals surface area contributed by atoms with Crippen LogP contribution in [0.15, 0.2) is 18.5 Å². The smallest absolute Gasteiger partial charge is 0.255 e. The monoisotopic (exact) mass is 395 g/mol. The van der Waals surface area contributed by atoms with Crippen LogP contribution in [0.3, 0.4) is 0 Å². The van der Waals surface area contributed by atoms with Gasteiger partial charge in [0.15, 0.2) is 0 Å². The molecule has 2 aliphatic rings. The summed E-state index contributed by atoms with van der Waals surface area (Å²) in [5.74, 6) is -0.112. The maximum atomic E-state index is 12.7. The first-order valence-electron chi connectivity index (χ1n) is 9.70. The molecule has 0 radical (unpaired) electrons. The molecule has 3 rings (SSSR count). The second-order valence-corrected chi connectivity index (χ2v) is 9.39. The van der Waals surface area contributed by atoms with Crippen molar-refractivity contribution >= 4 is 15.9 Å². The first kappa shape index (κ1) is 20.2. The highest BCUT2D eigenvalue weighted by molar-refractivity contribution is 7.88. The lowest BCUT2D eigenvalue weighted by atomic mass is 10.0. The molecule has 2 fully saturated rings. The molecule has 1 aromatic rings. The zero-order valence-electron chi connectivity index (χ0n) is 16.0. The SMILES string of the molecule is CS(=O)(=O)N(CCN1CCCCC1)C1CCCN(C(=O)c2ccnnc2)C1. The Labute approximate surface area is 161 Å².